The van der Waals surface area contributed by atoms with Gasteiger partial charge >= 0.3 is 5.97 Å². The summed E-state index contributed by atoms with van der Waals surface area (Å²) in [6.07, 6.45) is 12.4. The second-order valence-corrected chi connectivity index (χ2v) is 6.45. The van der Waals surface area contributed by atoms with Crippen molar-refractivity contribution in [2.75, 3.05) is 6.61 Å². The number of nitrogens with one attached hydrogen (secondary N) is 1. The van der Waals surface area contributed by atoms with Crippen LogP contribution < -0.4 is 5.32 Å². The Hall–Kier alpha value is -2.10. The second-order valence-electron chi connectivity index (χ2n) is 6.45. The molecule has 1 aromatic rings. The third-order valence-corrected chi connectivity index (χ3v) is 4.49. The molecule has 4 nitrogen and oxygen atoms in total. The lowest BCUT2D eigenvalue weighted by Gasteiger charge is -2.17. The van der Waals surface area contributed by atoms with Crippen molar-refractivity contribution < 1.29 is 14.3 Å². The molecule has 2 rings (SSSR count). The Balaban J connectivity index is 2.18. The Morgan fingerprint density at radius 1 is 1.12 bits per heavy atom. The minimum atomic E-state index is -0.637. The van der Waals surface area contributed by atoms with E-state index in [1.165, 1.54) is 25.7 Å². The molecule has 1 heterocycles. The predicted octanol–water partition coefficient (Wildman–Crippen LogP) is 4.19. The number of benzene rings is 1. The molecule has 0 spiro atoms. The van der Waals surface area contributed by atoms with Crippen LogP contribution >= 0.6 is 0 Å². The van der Waals surface area contributed by atoms with Gasteiger partial charge in [0.05, 0.1) is 6.61 Å². The second kappa shape index (κ2) is 10.7. The number of hydrogen-bond acceptors (Lipinski definition) is 3. The molecule has 0 saturated heterocycles. The van der Waals surface area contributed by atoms with Crippen LogP contribution in [0.15, 0.2) is 36.4 Å². The molecule has 0 fully saturated rings. The SMILES string of the molecule is CCOC(=O)[C@@H]1C/C=C/CCCCCCCc2ccccc2C(=O)N1. The standard InChI is InChI=1S/C21H29NO3/c1-2-25-21(24)19-16-10-8-6-4-3-5-7-9-13-17-14-11-12-15-18(17)20(23)22-19/h8,10-12,14-15,19H,2-7,9,13,16H2,1H3,(H,22,23)/b10-8+/t19-/m0/s1. The molecule has 1 atom stereocenters. The first kappa shape index (κ1) is 19.2. The summed E-state index contributed by atoms with van der Waals surface area (Å²) >= 11 is 0. The zero-order valence-corrected chi connectivity index (χ0v) is 15.1. The van der Waals surface area contributed by atoms with E-state index in [1.54, 1.807) is 6.92 Å². The van der Waals surface area contributed by atoms with Gasteiger partial charge in [0.25, 0.3) is 5.91 Å². The summed E-state index contributed by atoms with van der Waals surface area (Å²) in [5.41, 5.74) is 1.71. The third-order valence-electron chi connectivity index (χ3n) is 4.49. The maximum absolute atomic E-state index is 12.7. The highest BCUT2D eigenvalue weighted by atomic mass is 16.5. The van der Waals surface area contributed by atoms with Crippen molar-refractivity contribution in [3.63, 3.8) is 0 Å². The van der Waals surface area contributed by atoms with Gasteiger partial charge in [0, 0.05) is 5.56 Å². The molecule has 0 radical (unpaired) electrons. The average molecular weight is 343 g/mol. The van der Waals surface area contributed by atoms with E-state index >= 15 is 0 Å². The fourth-order valence-electron chi connectivity index (χ4n) is 3.11. The molecule has 0 saturated carbocycles. The lowest BCUT2D eigenvalue weighted by molar-refractivity contribution is -0.145. The monoisotopic (exact) mass is 343 g/mol. The van der Waals surface area contributed by atoms with Gasteiger partial charge in [-0.15, -0.1) is 0 Å². The van der Waals surface area contributed by atoms with Crippen LogP contribution in [0, 0.1) is 0 Å². The molecule has 0 aromatic heterocycles. The van der Waals surface area contributed by atoms with Gasteiger partial charge in [-0.1, -0.05) is 49.6 Å². The maximum atomic E-state index is 12.7. The molecule has 1 N–H and O–H groups in total. The first-order valence-corrected chi connectivity index (χ1v) is 9.42. The number of rotatable bonds is 2. The van der Waals surface area contributed by atoms with Crippen LogP contribution in [-0.2, 0) is 16.0 Å². The Labute approximate surface area is 150 Å². The largest absolute Gasteiger partial charge is 0.464 e. The highest BCUT2D eigenvalue weighted by Gasteiger charge is 2.22. The number of ether oxygens (including phenoxy) is 1. The molecule has 0 bridgehead atoms. The summed E-state index contributed by atoms with van der Waals surface area (Å²) in [7, 11) is 0. The number of carbonyl (C=O) groups excluding carboxylic acids is 2. The zero-order chi connectivity index (χ0) is 17.9. The van der Waals surface area contributed by atoms with Crippen LogP contribution in [0.1, 0.15) is 67.8 Å². The van der Waals surface area contributed by atoms with Gasteiger partial charge in [0.1, 0.15) is 6.04 Å². The van der Waals surface area contributed by atoms with Gasteiger partial charge in [0.2, 0.25) is 0 Å². The molecule has 1 amide bonds. The van der Waals surface area contributed by atoms with E-state index in [-0.39, 0.29) is 11.9 Å². The molecular formula is C21H29NO3. The number of fused-ring (bicyclic) bond motifs is 1. The molecule has 0 unspecified atom stereocenters. The number of hydrogen-bond donors (Lipinski definition) is 1. The smallest absolute Gasteiger partial charge is 0.328 e. The topological polar surface area (TPSA) is 55.4 Å². The predicted molar refractivity (Wildman–Crippen MR) is 99.5 cm³/mol. The molecule has 1 aliphatic heterocycles. The van der Waals surface area contributed by atoms with E-state index in [4.69, 9.17) is 4.74 Å². The van der Waals surface area contributed by atoms with Crippen LogP contribution in [0.5, 0.6) is 0 Å². The Morgan fingerprint density at radius 2 is 1.88 bits per heavy atom. The van der Waals surface area contributed by atoms with Crippen LogP contribution in [0.3, 0.4) is 0 Å². The van der Waals surface area contributed by atoms with Gasteiger partial charge < -0.3 is 10.1 Å². The van der Waals surface area contributed by atoms with E-state index in [2.05, 4.69) is 11.4 Å². The van der Waals surface area contributed by atoms with Crippen LogP contribution in [0.25, 0.3) is 0 Å². The van der Waals surface area contributed by atoms with Gasteiger partial charge in [-0.25, -0.2) is 4.79 Å². The Morgan fingerprint density at radius 3 is 2.72 bits per heavy atom. The van der Waals surface area contributed by atoms with Crippen molar-refractivity contribution >= 4 is 11.9 Å². The van der Waals surface area contributed by atoms with E-state index < -0.39 is 6.04 Å². The van der Waals surface area contributed by atoms with Crippen LogP contribution in [0.4, 0.5) is 0 Å². The molecule has 0 aliphatic carbocycles. The van der Waals surface area contributed by atoms with Gasteiger partial charge in [-0.2, -0.15) is 0 Å². The summed E-state index contributed by atoms with van der Waals surface area (Å²) in [4.78, 5) is 24.9. The molecular weight excluding hydrogens is 314 g/mol. The van der Waals surface area contributed by atoms with Crippen LogP contribution in [-0.4, -0.2) is 24.5 Å². The molecule has 1 aliphatic rings. The summed E-state index contributed by atoms with van der Waals surface area (Å²) in [6.45, 7) is 2.09. The van der Waals surface area contributed by atoms with Crippen LogP contribution in [0.2, 0.25) is 0 Å². The number of carbonyl (C=O) groups is 2. The highest BCUT2D eigenvalue weighted by molar-refractivity contribution is 5.98. The minimum Gasteiger partial charge on any atom is -0.464 e. The molecule has 136 valence electrons. The summed E-state index contributed by atoms with van der Waals surface area (Å²) in [6, 6.07) is 7.03. The zero-order valence-electron chi connectivity index (χ0n) is 15.1. The fourth-order valence-corrected chi connectivity index (χ4v) is 3.11. The Kier molecular flexibility index (Phi) is 8.23. The number of aryl methyl sites for hydroxylation is 1. The highest BCUT2D eigenvalue weighted by Crippen LogP contribution is 2.15. The summed E-state index contributed by atoms with van der Waals surface area (Å²) in [5, 5.41) is 2.86. The van der Waals surface area contributed by atoms with Gasteiger partial charge in [-0.3, -0.25) is 4.79 Å². The van der Waals surface area contributed by atoms with E-state index in [0.29, 0.717) is 18.6 Å². The summed E-state index contributed by atoms with van der Waals surface area (Å²) < 4.78 is 5.12. The van der Waals surface area contributed by atoms with Crippen molar-refractivity contribution in [2.24, 2.45) is 0 Å². The first-order chi connectivity index (χ1) is 12.2. The first-order valence-electron chi connectivity index (χ1n) is 9.42. The third kappa shape index (κ3) is 6.37. The lowest BCUT2D eigenvalue weighted by Crippen LogP contribution is -2.41. The van der Waals surface area contributed by atoms with E-state index in [9.17, 15) is 9.59 Å². The maximum Gasteiger partial charge on any atom is 0.328 e. The van der Waals surface area contributed by atoms with Crippen molar-refractivity contribution in [1.82, 2.24) is 5.32 Å². The van der Waals surface area contributed by atoms with E-state index in [1.807, 2.05) is 30.3 Å². The molecule has 4 heteroatoms. The summed E-state index contributed by atoms with van der Waals surface area (Å²) in [5.74, 6) is -0.570. The minimum absolute atomic E-state index is 0.197. The normalized spacial score (nSPS) is 21.2. The Bertz CT molecular complexity index is 595. The molecule has 25 heavy (non-hydrogen) atoms. The number of esters is 1. The lowest BCUT2D eigenvalue weighted by atomic mass is 9.99. The molecule has 1 aromatic carbocycles. The number of allylic oxidation sites excluding steroid dienone is 1. The van der Waals surface area contributed by atoms with Gasteiger partial charge in [0.15, 0.2) is 0 Å². The van der Waals surface area contributed by atoms with Crippen molar-refractivity contribution in [3.8, 4) is 0 Å². The van der Waals surface area contributed by atoms with E-state index in [0.717, 1.165) is 24.8 Å². The average Bonchev–Trinajstić information content (AvgIpc) is 2.62. The van der Waals surface area contributed by atoms with Gasteiger partial charge in [-0.05, 0) is 50.7 Å². The van der Waals surface area contributed by atoms with Crippen molar-refractivity contribution in [1.29, 1.82) is 0 Å². The van der Waals surface area contributed by atoms with Crippen molar-refractivity contribution in [3.05, 3.63) is 47.5 Å². The van der Waals surface area contributed by atoms with Crippen molar-refractivity contribution in [2.45, 2.75) is 64.3 Å². The number of amides is 1. The quantitative estimate of drug-likeness (QED) is 0.647. The fraction of sp³-hybridized carbons (Fsp3) is 0.524.